The van der Waals surface area contributed by atoms with E-state index >= 15 is 0 Å². The van der Waals surface area contributed by atoms with E-state index in [-0.39, 0.29) is 30.2 Å². The molecule has 0 spiro atoms. The summed E-state index contributed by atoms with van der Waals surface area (Å²) in [6.45, 7) is 1.85. The van der Waals surface area contributed by atoms with Crippen LogP contribution in [0.2, 0.25) is 0 Å². The van der Waals surface area contributed by atoms with Crippen LogP contribution in [0.25, 0.3) is 0 Å². The summed E-state index contributed by atoms with van der Waals surface area (Å²) >= 11 is 1.39. The van der Waals surface area contributed by atoms with Gasteiger partial charge >= 0.3 is 0 Å². The van der Waals surface area contributed by atoms with Crippen molar-refractivity contribution in [1.82, 2.24) is 10.2 Å². The second-order valence-electron chi connectivity index (χ2n) is 8.88. The summed E-state index contributed by atoms with van der Waals surface area (Å²) < 4.78 is 0. The van der Waals surface area contributed by atoms with Gasteiger partial charge in [-0.05, 0) is 50.3 Å². The Labute approximate surface area is 193 Å². The number of hydrogen-bond donors (Lipinski definition) is 2. The van der Waals surface area contributed by atoms with Gasteiger partial charge in [0, 0.05) is 36.8 Å². The SMILES string of the molecule is O=C(CC1SC(N2CCCCC2)=NC1=O)Nc1cccc(C(=O)NC2CCCCCC2)c1. The zero-order valence-electron chi connectivity index (χ0n) is 18.5. The Morgan fingerprint density at radius 1 is 1.03 bits per heavy atom. The first kappa shape index (κ1) is 22.8. The molecule has 1 aromatic carbocycles. The number of carbonyl (C=O) groups is 3. The van der Waals surface area contributed by atoms with E-state index in [0.717, 1.165) is 56.8 Å². The average molecular weight is 457 g/mol. The van der Waals surface area contributed by atoms with E-state index in [1.54, 1.807) is 24.3 Å². The number of benzene rings is 1. The van der Waals surface area contributed by atoms with E-state index in [1.807, 2.05) is 0 Å². The van der Waals surface area contributed by atoms with E-state index in [0.29, 0.717) is 11.3 Å². The first-order valence-corrected chi connectivity index (χ1v) is 12.7. The zero-order valence-corrected chi connectivity index (χ0v) is 19.3. The molecule has 3 amide bonds. The molecular weight excluding hydrogens is 424 g/mol. The fourth-order valence-electron chi connectivity index (χ4n) is 4.54. The number of carbonyl (C=O) groups excluding carboxylic acids is 3. The van der Waals surface area contributed by atoms with Gasteiger partial charge in [0.1, 0.15) is 5.25 Å². The predicted octanol–water partition coefficient (Wildman–Crippen LogP) is 3.95. The fraction of sp³-hybridized carbons (Fsp3) is 0.583. The summed E-state index contributed by atoms with van der Waals surface area (Å²) in [5.74, 6) is -0.580. The van der Waals surface area contributed by atoms with Crippen LogP contribution in [0.5, 0.6) is 0 Å². The van der Waals surface area contributed by atoms with Gasteiger partial charge in [-0.2, -0.15) is 4.99 Å². The van der Waals surface area contributed by atoms with Crippen molar-refractivity contribution in [3.05, 3.63) is 29.8 Å². The van der Waals surface area contributed by atoms with Crippen LogP contribution in [0.4, 0.5) is 5.69 Å². The minimum Gasteiger partial charge on any atom is -0.351 e. The molecule has 0 aromatic heterocycles. The van der Waals surface area contributed by atoms with Crippen LogP contribution in [0.15, 0.2) is 29.3 Å². The molecule has 3 aliphatic rings. The molecule has 1 unspecified atom stereocenters. The molecule has 1 aliphatic carbocycles. The van der Waals surface area contributed by atoms with Gasteiger partial charge in [-0.25, -0.2) is 0 Å². The second kappa shape index (κ2) is 11.0. The predicted molar refractivity (Wildman–Crippen MR) is 128 cm³/mol. The molecule has 32 heavy (non-hydrogen) atoms. The van der Waals surface area contributed by atoms with Gasteiger partial charge < -0.3 is 15.5 Å². The van der Waals surface area contributed by atoms with Gasteiger partial charge in [-0.3, -0.25) is 14.4 Å². The molecule has 1 saturated heterocycles. The molecular formula is C24H32N4O3S. The molecule has 0 bridgehead atoms. The molecule has 1 aromatic rings. The van der Waals surface area contributed by atoms with Crippen molar-refractivity contribution in [3.8, 4) is 0 Å². The van der Waals surface area contributed by atoms with E-state index in [2.05, 4.69) is 20.5 Å². The number of amidine groups is 1. The van der Waals surface area contributed by atoms with Crippen molar-refractivity contribution in [2.24, 2.45) is 4.99 Å². The van der Waals surface area contributed by atoms with Crippen molar-refractivity contribution in [2.45, 2.75) is 75.5 Å². The lowest BCUT2D eigenvalue weighted by Gasteiger charge is -2.27. The Balaban J connectivity index is 1.29. The standard InChI is InChI=1S/C24H32N4O3S/c29-21(16-20-23(31)27-24(32-20)28-13-6-3-7-14-28)25-19-12-8-9-17(15-19)22(30)26-18-10-4-1-2-5-11-18/h8-9,12,15,18,20H,1-7,10-11,13-14,16H2,(H,25,29)(H,26,30). The maximum Gasteiger partial charge on any atom is 0.262 e. The maximum absolute atomic E-state index is 12.7. The molecule has 7 nitrogen and oxygen atoms in total. The minimum atomic E-state index is -0.478. The molecule has 2 aliphatic heterocycles. The van der Waals surface area contributed by atoms with Crippen molar-refractivity contribution >= 4 is 40.3 Å². The second-order valence-corrected chi connectivity index (χ2v) is 10.1. The number of rotatable bonds is 5. The quantitative estimate of drug-likeness (QED) is 0.655. The van der Waals surface area contributed by atoms with Gasteiger partial charge in [0.05, 0.1) is 0 Å². The van der Waals surface area contributed by atoms with Gasteiger partial charge in [-0.15, -0.1) is 0 Å². The van der Waals surface area contributed by atoms with Crippen molar-refractivity contribution in [3.63, 3.8) is 0 Å². The Hall–Kier alpha value is -2.35. The monoisotopic (exact) mass is 456 g/mol. The molecule has 1 saturated carbocycles. The van der Waals surface area contributed by atoms with Crippen LogP contribution in [0.1, 0.15) is 74.6 Å². The smallest absolute Gasteiger partial charge is 0.262 e. The highest BCUT2D eigenvalue weighted by atomic mass is 32.2. The number of aliphatic imine (C=N–C) groups is 1. The number of thioether (sulfide) groups is 1. The third-order valence-electron chi connectivity index (χ3n) is 6.33. The fourth-order valence-corrected chi connectivity index (χ4v) is 5.66. The number of nitrogens with zero attached hydrogens (tertiary/aromatic N) is 2. The lowest BCUT2D eigenvalue weighted by Crippen LogP contribution is -2.34. The van der Waals surface area contributed by atoms with E-state index in [9.17, 15) is 14.4 Å². The van der Waals surface area contributed by atoms with Crippen molar-refractivity contribution < 1.29 is 14.4 Å². The highest BCUT2D eigenvalue weighted by Gasteiger charge is 2.33. The number of likely N-dealkylation sites (tertiary alicyclic amines) is 1. The molecule has 172 valence electrons. The third kappa shape index (κ3) is 6.12. The van der Waals surface area contributed by atoms with E-state index in [4.69, 9.17) is 0 Å². The molecule has 2 heterocycles. The van der Waals surface area contributed by atoms with Crippen molar-refractivity contribution in [1.29, 1.82) is 0 Å². The Morgan fingerprint density at radius 3 is 2.50 bits per heavy atom. The number of amides is 3. The summed E-state index contributed by atoms with van der Waals surface area (Å²) in [7, 11) is 0. The first-order chi connectivity index (χ1) is 15.6. The van der Waals surface area contributed by atoms with Crippen LogP contribution < -0.4 is 10.6 Å². The van der Waals surface area contributed by atoms with Crippen LogP contribution in [0.3, 0.4) is 0 Å². The Bertz CT molecular complexity index is 874. The van der Waals surface area contributed by atoms with Crippen LogP contribution in [-0.4, -0.2) is 52.2 Å². The summed E-state index contributed by atoms with van der Waals surface area (Å²) in [6, 6.07) is 7.22. The molecule has 0 radical (unpaired) electrons. The number of piperidine rings is 1. The minimum absolute atomic E-state index is 0.0723. The van der Waals surface area contributed by atoms with Crippen LogP contribution in [0, 0.1) is 0 Å². The maximum atomic E-state index is 12.7. The molecule has 1 atom stereocenters. The largest absolute Gasteiger partial charge is 0.351 e. The normalized spacial score (nSPS) is 22.2. The molecule has 4 rings (SSSR count). The van der Waals surface area contributed by atoms with Crippen LogP contribution >= 0.6 is 11.8 Å². The zero-order chi connectivity index (χ0) is 22.3. The van der Waals surface area contributed by atoms with E-state index < -0.39 is 5.25 Å². The Kier molecular flexibility index (Phi) is 7.84. The Morgan fingerprint density at radius 2 is 1.75 bits per heavy atom. The lowest BCUT2D eigenvalue weighted by atomic mass is 10.1. The summed E-state index contributed by atoms with van der Waals surface area (Å²) in [4.78, 5) is 43.9. The highest BCUT2D eigenvalue weighted by Crippen LogP contribution is 2.29. The molecule has 2 N–H and O–H groups in total. The van der Waals surface area contributed by atoms with Gasteiger partial charge in [-0.1, -0.05) is 43.5 Å². The topological polar surface area (TPSA) is 90.9 Å². The molecule has 8 heteroatoms. The summed E-state index contributed by atoms with van der Waals surface area (Å²) in [6.07, 6.45) is 10.3. The lowest BCUT2D eigenvalue weighted by molar-refractivity contribution is -0.121. The highest BCUT2D eigenvalue weighted by molar-refractivity contribution is 8.15. The van der Waals surface area contributed by atoms with Gasteiger partial charge in [0.25, 0.3) is 11.8 Å². The van der Waals surface area contributed by atoms with E-state index in [1.165, 1.54) is 31.0 Å². The number of nitrogens with one attached hydrogen (secondary N) is 2. The summed E-state index contributed by atoms with van der Waals surface area (Å²) in [5, 5.41) is 6.26. The molecule has 2 fully saturated rings. The van der Waals surface area contributed by atoms with Crippen LogP contribution in [-0.2, 0) is 9.59 Å². The number of hydrogen-bond acceptors (Lipinski definition) is 5. The van der Waals surface area contributed by atoms with Crippen molar-refractivity contribution in [2.75, 3.05) is 18.4 Å². The average Bonchev–Trinajstić information content (AvgIpc) is 2.98. The third-order valence-corrected chi connectivity index (χ3v) is 7.54. The summed E-state index contributed by atoms with van der Waals surface area (Å²) in [5.41, 5.74) is 1.10. The van der Waals surface area contributed by atoms with Gasteiger partial charge in [0.15, 0.2) is 5.17 Å². The number of anilines is 1. The first-order valence-electron chi connectivity index (χ1n) is 11.8. The van der Waals surface area contributed by atoms with Gasteiger partial charge in [0.2, 0.25) is 5.91 Å².